The van der Waals surface area contributed by atoms with Crippen molar-refractivity contribution < 1.29 is 0 Å². The van der Waals surface area contributed by atoms with Gasteiger partial charge in [-0.15, -0.1) is 0 Å². The molecule has 2 aliphatic heterocycles. The summed E-state index contributed by atoms with van der Waals surface area (Å²) in [6.45, 7) is 6.18. The maximum Gasteiger partial charge on any atom is 0.0204 e. The van der Waals surface area contributed by atoms with Crippen molar-refractivity contribution >= 4 is 0 Å². The Labute approximate surface area is 87.2 Å². The second-order valence-electron chi connectivity index (χ2n) is 4.84. The van der Waals surface area contributed by atoms with Gasteiger partial charge in [0.05, 0.1) is 0 Å². The van der Waals surface area contributed by atoms with Crippen LogP contribution in [0.3, 0.4) is 0 Å². The molecule has 14 heavy (non-hydrogen) atoms. The predicted molar refractivity (Wildman–Crippen MR) is 59.5 cm³/mol. The minimum Gasteiger partial charge on any atom is -0.315 e. The molecule has 0 saturated carbocycles. The number of likely N-dealkylation sites (tertiary alicyclic amines) is 1. The monoisotopic (exact) mass is 197 g/mol. The standard InChI is InChI=1S/C11H23N3/c1-14-6-3-10(4-7-14)8-13-11-2-5-12-9-11/h10-13H,2-9H2,1H3. The fourth-order valence-corrected chi connectivity index (χ4v) is 2.43. The van der Waals surface area contributed by atoms with E-state index in [-0.39, 0.29) is 0 Å². The van der Waals surface area contributed by atoms with Crippen molar-refractivity contribution in [2.45, 2.75) is 25.3 Å². The minimum absolute atomic E-state index is 0.745. The summed E-state index contributed by atoms with van der Waals surface area (Å²) < 4.78 is 0. The third-order valence-corrected chi connectivity index (χ3v) is 3.59. The molecule has 0 aromatic rings. The van der Waals surface area contributed by atoms with Gasteiger partial charge in [0.15, 0.2) is 0 Å². The smallest absolute Gasteiger partial charge is 0.0204 e. The molecule has 2 saturated heterocycles. The molecular weight excluding hydrogens is 174 g/mol. The van der Waals surface area contributed by atoms with E-state index in [1.165, 1.54) is 52.0 Å². The van der Waals surface area contributed by atoms with Crippen LogP contribution in [-0.2, 0) is 0 Å². The van der Waals surface area contributed by atoms with Crippen LogP contribution in [0.5, 0.6) is 0 Å². The van der Waals surface area contributed by atoms with Gasteiger partial charge in [0.25, 0.3) is 0 Å². The zero-order valence-corrected chi connectivity index (χ0v) is 9.26. The maximum atomic E-state index is 3.69. The highest BCUT2D eigenvalue weighted by Crippen LogP contribution is 2.15. The highest BCUT2D eigenvalue weighted by molar-refractivity contribution is 4.80. The predicted octanol–water partition coefficient (Wildman–Crippen LogP) is 0.280. The quantitative estimate of drug-likeness (QED) is 0.680. The van der Waals surface area contributed by atoms with E-state index >= 15 is 0 Å². The zero-order chi connectivity index (χ0) is 9.80. The van der Waals surface area contributed by atoms with Crippen molar-refractivity contribution in [3.8, 4) is 0 Å². The lowest BCUT2D eigenvalue weighted by atomic mass is 9.97. The molecule has 0 amide bonds. The van der Waals surface area contributed by atoms with Crippen molar-refractivity contribution in [3.05, 3.63) is 0 Å². The van der Waals surface area contributed by atoms with E-state index < -0.39 is 0 Å². The average Bonchev–Trinajstić information content (AvgIpc) is 2.70. The summed E-state index contributed by atoms with van der Waals surface area (Å²) in [7, 11) is 2.23. The molecule has 2 fully saturated rings. The third-order valence-electron chi connectivity index (χ3n) is 3.59. The van der Waals surface area contributed by atoms with Crippen molar-refractivity contribution in [2.75, 3.05) is 39.8 Å². The first-order valence-corrected chi connectivity index (χ1v) is 5.97. The Balaban J connectivity index is 1.60. The number of nitrogens with zero attached hydrogens (tertiary/aromatic N) is 1. The lowest BCUT2D eigenvalue weighted by Gasteiger charge is -2.29. The van der Waals surface area contributed by atoms with Crippen LogP contribution in [-0.4, -0.2) is 50.7 Å². The molecule has 0 spiro atoms. The van der Waals surface area contributed by atoms with Gasteiger partial charge < -0.3 is 15.5 Å². The molecular formula is C11H23N3. The largest absolute Gasteiger partial charge is 0.315 e. The van der Waals surface area contributed by atoms with Crippen LogP contribution in [0.2, 0.25) is 0 Å². The topological polar surface area (TPSA) is 27.3 Å². The third kappa shape index (κ3) is 2.94. The van der Waals surface area contributed by atoms with Crippen LogP contribution in [0.15, 0.2) is 0 Å². The Morgan fingerprint density at radius 3 is 2.71 bits per heavy atom. The van der Waals surface area contributed by atoms with Gasteiger partial charge in [-0.1, -0.05) is 0 Å². The summed E-state index contributed by atoms with van der Waals surface area (Å²) in [6, 6.07) is 0.745. The van der Waals surface area contributed by atoms with Gasteiger partial charge in [-0.3, -0.25) is 0 Å². The van der Waals surface area contributed by atoms with Crippen LogP contribution in [0.25, 0.3) is 0 Å². The number of nitrogens with one attached hydrogen (secondary N) is 2. The highest BCUT2D eigenvalue weighted by Gasteiger charge is 2.19. The average molecular weight is 197 g/mol. The molecule has 2 aliphatic rings. The molecule has 3 heteroatoms. The van der Waals surface area contributed by atoms with Gasteiger partial charge >= 0.3 is 0 Å². The number of piperidine rings is 1. The second kappa shape index (κ2) is 5.10. The van der Waals surface area contributed by atoms with Crippen molar-refractivity contribution in [1.29, 1.82) is 0 Å². The summed E-state index contributed by atoms with van der Waals surface area (Å²) in [5.41, 5.74) is 0. The van der Waals surface area contributed by atoms with Crippen LogP contribution in [0.4, 0.5) is 0 Å². The van der Waals surface area contributed by atoms with E-state index in [1.54, 1.807) is 0 Å². The normalized spacial score (nSPS) is 31.1. The molecule has 0 aromatic carbocycles. The van der Waals surface area contributed by atoms with Gasteiger partial charge in [0.1, 0.15) is 0 Å². The molecule has 2 rings (SSSR count). The molecule has 0 aromatic heterocycles. The maximum absolute atomic E-state index is 3.69. The molecule has 0 bridgehead atoms. The van der Waals surface area contributed by atoms with Crippen molar-refractivity contribution in [1.82, 2.24) is 15.5 Å². The zero-order valence-electron chi connectivity index (χ0n) is 9.26. The minimum atomic E-state index is 0.745. The van der Waals surface area contributed by atoms with E-state index in [1.807, 2.05) is 0 Å². The Kier molecular flexibility index (Phi) is 3.79. The van der Waals surface area contributed by atoms with Crippen molar-refractivity contribution in [3.63, 3.8) is 0 Å². The molecule has 2 heterocycles. The van der Waals surface area contributed by atoms with Crippen LogP contribution < -0.4 is 10.6 Å². The van der Waals surface area contributed by atoms with Gasteiger partial charge in [0.2, 0.25) is 0 Å². The number of hydrogen-bond acceptors (Lipinski definition) is 3. The molecule has 3 nitrogen and oxygen atoms in total. The van der Waals surface area contributed by atoms with E-state index in [2.05, 4.69) is 22.6 Å². The van der Waals surface area contributed by atoms with Gasteiger partial charge in [0, 0.05) is 12.6 Å². The van der Waals surface area contributed by atoms with Crippen LogP contribution in [0, 0.1) is 5.92 Å². The summed E-state index contributed by atoms with van der Waals surface area (Å²) >= 11 is 0. The van der Waals surface area contributed by atoms with Gasteiger partial charge in [-0.05, 0) is 58.4 Å². The van der Waals surface area contributed by atoms with Crippen molar-refractivity contribution in [2.24, 2.45) is 5.92 Å². The van der Waals surface area contributed by atoms with E-state index in [0.717, 1.165) is 12.0 Å². The fraction of sp³-hybridized carbons (Fsp3) is 1.00. The molecule has 1 atom stereocenters. The Morgan fingerprint density at radius 1 is 1.29 bits per heavy atom. The first-order chi connectivity index (χ1) is 6.84. The van der Waals surface area contributed by atoms with Crippen LogP contribution in [0.1, 0.15) is 19.3 Å². The van der Waals surface area contributed by atoms with E-state index in [4.69, 9.17) is 0 Å². The van der Waals surface area contributed by atoms with Gasteiger partial charge in [-0.25, -0.2) is 0 Å². The van der Waals surface area contributed by atoms with E-state index in [0.29, 0.717) is 0 Å². The highest BCUT2D eigenvalue weighted by atomic mass is 15.1. The first-order valence-electron chi connectivity index (χ1n) is 5.97. The molecule has 82 valence electrons. The Bertz CT molecular complexity index is 158. The molecule has 0 aliphatic carbocycles. The Morgan fingerprint density at radius 2 is 2.07 bits per heavy atom. The molecule has 1 unspecified atom stereocenters. The summed E-state index contributed by atoms with van der Waals surface area (Å²) in [5.74, 6) is 0.923. The first kappa shape index (κ1) is 10.4. The second-order valence-corrected chi connectivity index (χ2v) is 4.84. The SMILES string of the molecule is CN1CCC(CNC2CCNC2)CC1. The summed E-state index contributed by atoms with van der Waals surface area (Å²) in [4.78, 5) is 2.44. The fourth-order valence-electron chi connectivity index (χ4n) is 2.43. The number of rotatable bonds is 3. The molecule has 0 radical (unpaired) electrons. The lowest BCUT2D eigenvalue weighted by Crippen LogP contribution is -2.39. The van der Waals surface area contributed by atoms with Gasteiger partial charge in [-0.2, -0.15) is 0 Å². The Hall–Kier alpha value is -0.120. The number of hydrogen-bond donors (Lipinski definition) is 2. The molecule has 2 N–H and O–H groups in total. The van der Waals surface area contributed by atoms with Crippen LogP contribution >= 0.6 is 0 Å². The lowest BCUT2D eigenvalue weighted by molar-refractivity contribution is 0.213. The summed E-state index contributed by atoms with van der Waals surface area (Å²) in [5, 5.41) is 7.08. The van der Waals surface area contributed by atoms with E-state index in [9.17, 15) is 0 Å². The summed E-state index contributed by atoms with van der Waals surface area (Å²) in [6.07, 6.45) is 4.07.